The average molecular weight is 240 g/mol. The van der Waals surface area contributed by atoms with E-state index in [0.29, 0.717) is 11.7 Å². The van der Waals surface area contributed by atoms with Gasteiger partial charge in [-0.25, -0.2) is 4.98 Å². The van der Waals surface area contributed by atoms with E-state index < -0.39 is 0 Å². The van der Waals surface area contributed by atoms with E-state index in [2.05, 4.69) is 16.5 Å². The first-order valence-corrected chi connectivity index (χ1v) is 7.15. The van der Waals surface area contributed by atoms with Crippen LogP contribution in [0.5, 0.6) is 0 Å². The van der Waals surface area contributed by atoms with Gasteiger partial charge in [0.15, 0.2) is 0 Å². The predicted molar refractivity (Wildman–Crippen MR) is 67.7 cm³/mol. The van der Waals surface area contributed by atoms with Gasteiger partial charge in [0.25, 0.3) is 0 Å². The number of aryl methyl sites for hydroxylation is 1. The van der Waals surface area contributed by atoms with Gasteiger partial charge in [0.05, 0.1) is 6.10 Å². The highest BCUT2D eigenvalue weighted by atomic mass is 32.2. The number of aliphatic hydroxyl groups is 1. The molecule has 0 bridgehead atoms. The summed E-state index contributed by atoms with van der Waals surface area (Å²) in [7, 11) is 0. The third-order valence-electron chi connectivity index (χ3n) is 3.18. The Morgan fingerprint density at radius 3 is 3.19 bits per heavy atom. The third kappa shape index (κ3) is 2.80. The van der Waals surface area contributed by atoms with Crippen molar-refractivity contribution in [2.75, 3.05) is 5.75 Å². The minimum atomic E-state index is -0.238. The summed E-state index contributed by atoms with van der Waals surface area (Å²) < 4.78 is 2.11. The van der Waals surface area contributed by atoms with Gasteiger partial charge in [-0.15, -0.1) is 0 Å². The minimum Gasteiger partial charge on any atom is -0.392 e. The molecular weight excluding hydrogens is 220 g/mol. The highest BCUT2D eigenvalue weighted by molar-refractivity contribution is 8.00. The SMILES string of the molecule is CCn1ccnc1CC(O)C1CCCCS1. The maximum absolute atomic E-state index is 10.2. The molecule has 3 nitrogen and oxygen atoms in total. The quantitative estimate of drug-likeness (QED) is 0.876. The van der Waals surface area contributed by atoms with Gasteiger partial charge in [0.1, 0.15) is 5.82 Å². The topological polar surface area (TPSA) is 38.0 Å². The predicted octanol–water partition coefficient (Wildman–Crippen LogP) is 2.09. The number of aliphatic hydroxyl groups excluding tert-OH is 1. The van der Waals surface area contributed by atoms with Crippen molar-refractivity contribution in [3.05, 3.63) is 18.2 Å². The normalized spacial score (nSPS) is 23.2. The van der Waals surface area contributed by atoms with E-state index in [1.54, 1.807) is 0 Å². The zero-order valence-electron chi connectivity index (χ0n) is 9.80. The zero-order valence-corrected chi connectivity index (χ0v) is 10.6. The van der Waals surface area contributed by atoms with Crippen molar-refractivity contribution in [3.63, 3.8) is 0 Å². The average Bonchev–Trinajstić information content (AvgIpc) is 2.77. The van der Waals surface area contributed by atoms with Crippen molar-refractivity contribution < 1.29 is 5.11 Å². The standard InChI is InChI=1S/C12H20N2OS/c1-2-14-7-6-13-12(14)9-10(15)11-5-3-4-8-16-11/h6-7,10-11,15H,2-5,8-9H2,1H3. The molecule has 0 saturated carbocycles. The van der Waals surface area contributed by atoms with Crippen LogP contribution in [0.2, 0.25) is 0 Å². The molecule has 2 heterocycles. The van der Waals surface area contributed by atoms with E-state index in [9.17, 15) is 5.11 Å². The van der Waals surface area contributed by atoms with Crippen molar-refractivity contribution >= 4 is 11.8 Å². The molecular formula is C12H20N2OS. The molecule has 0 aliphatic carbocycles. The second-order valence-electron chi connectivity index (χ2n) is 4.31. The van der Waals surface area contributed by atoms with Crippen LogP contribution < -0.4 is 0 Å². The summed E-state index contributed by atoms with van der Waals surface area (Å²) >= 11 is 1.92. The summed E-state index contributed by atoms with van der Waals surface area (Å²) in [5.41, 5.74) is 0. The van der Waals surface area contributed by atoms with Crippen molar-refractivity contribution in [2.45, 2.75) is 50.5 Å². The Morgan fingerprint density at radius 1 is 1.62 bits per heavy atom. The van der Waals surface area contributed by atoms with E-state index in [1.807, 2.05) is 24.2 Å². The van der Waals surface area contributed by atoms with Crippen molar-refractivity contribution in [2.24, 2.45) is 0 Å². The smallest absolute Gasteiger partial charge is 0.111 e. The van der Waals surface area contributed by atoms with Gasteiger partial charge in [0.2, 0.25) is 0 Å². The summed E-state index contributed by atoms with van der Waals surface area (Å²) in [6.07, 6.45) is 7.97. The Hall–Kier alpha value is -0.480. The van der Waals surface area contributed by atoms with Gasteiger partial charge in [-0.2, -0.15) is 11.8 Å². The van der Waals surface area contributed by atoms with Crippen LogP contribution in [0.15, 0.2) is 12.4 Å². The van der Waals surface area contributed by atoms with Crippen LogP contribution in [-0.4, -0.2) is 31.8 Å². The van der Waals surface area contributed by atoms with Gasteiger partial charge in [-0.1, -0.05) is 6.42 Å². The second kappa shape index (κ2) is 5.73. The second-order valence-corrected chi connectivity index (χ2v) is 5.65. The molecule has 1 aromatic heterocycles. The fourth-order valence-corrected chi connectivity index (χ4v) is 3.53. The molecule has 90 valence electrons. The van der Waals surface area contributed by atoms with Gasteiger partial charge in [-0.3, -0.25) is 0 Å². The van der Waals surface area contributed by atoms with Crippen molar-refractivity contribution in [3.8, 4) is 0 Å². The minimum absolute atomic E-state index is 0.238. The Morgan fingerprint density at radius 2 is 2.50 bits per heavy atom. The first-order chi connectivity index (χ1) is 7.81. The first kappa shape index (κ1) is 12.0. The molecule has 2 unspecified atom stereocenters. The lowest BCUT2D eigenvalue weighted by Crippen LogP contribution is -2.29. The molecule has 1 aliphatic rings. The Bertz CT molecular complexity index is 321. The maximum Gasteiger partial charge on any atom is 0.111 e. The molecule has 2 atom stereocenters. The molecule has 0 amide bonds. The van der Waals surface area contributed by atoms with Crippen molar-refractivity contribution in [1.29, 1.82) is 0 Å². The molecule has 0 spiro atoms. The number of thioether (sulfide) groups is 1. The Balaban J connectivity index is 1.93. The lowest BCUT2D eigenvalue weighted by atomic mass is 10.1. The lowest BCUT2D eigenvalue weighted by Gasteiger charge is -2.26. The van der Waals surface area contributed by atoms with Gasteiger partial charge in [0, 0.05) is 30.6 Å². The summed E-state index contributed by atoms with van der Waals surface area (Å²) in [5.74, 6) is 2.21. The van der Waals surface area contributed by atoms with Crippen molar-refractivity contribution in [1.82, 2.24) is 9.55 Å². The van der Waals surface area contributed by atoms with E-state index >= 15 is 0 Å². The van der Waals surface area contributed by atoms with E-state index in [1.165, 1.54) is 18.6 Å². The molecule has 4 heteroatoms. The van der Waals surface area contributed by atoms with Crippen LogP contribution in [-0.2, 0) is 13.0 Å². The fraction of sp³-hybridized carbons (Fsp3) is 0.750. The highest BCUT2D eigenvalue weighted by Gasteiger charge is 2.23. The van der Waals surface area contributed by atoms with Crippen LogP contribution in [0.25, 0.3) is 0 Å². The van der Waals surface area contributed by atoms with E-state index in [0.717, 1.165) is 18.8 Å². The Labute approximate surface area is 101 Å². The van der Waals surface area contributed by atoms with Crippen LogP contribution in [0, 0.1) is 0 Å². The summed E-state index contributed by atoms with van der Waals surface area (Å²) in [6, 6.07) is 0. The first-order valence-electron chi connectivity index (χ1n) is 6.11. The van der Waals surface area contributed by atoms with E-state index in [-0.39, 0.29) is 6.10 Å². The summed E-state index contributed by atoms with van der Waals surface area (Å²) in [6.45, 7) is 3.03. The van der Waals surface area contributed by atoms with E-state index in [4.69, 9.17) is 0 Å². The number of nitrogens with zero attached hydrogens (tertiary/aromatic N) is 2. The van der Waals surface area contributed by atoms with Crippen LogP contribution >= 0.6 is 11.8 Å². The van der Waals surface area contributed by atoms with Crippen LogP contribution in [0.1, 0.15) is 32.0 Å². The molecule has 2 rings (SSSR count). The number of hydrogen-bond donors (Lipinski definition) is 1. The summed E-state index contributed by atoms with van der Waals surface area (Å²) in [4.78, 5) is 4.32. The fourth-order valence-electron chi connectivity index (χ4n) is 2.21. The molecule has 1 aliphatic heterocycles. The van der Waals surface area contributed by atoms with Gasteiger partial charge in [-0.05, 0) is 25.5 Å². The lowest BCUT2D eigenvalue weighted by molar-refractivity contribution is 0.162. The third-order valence-corrected chi connectivity index (χ3v) is 4.68. The molecule has 1 N–H and O–H groups in total. The van der Waals surface area contributed by atoms with Gasteiger partial charge < -0.3 is 9.67 Å². The number of aromatic nitrogens is 2. The van der Waals surface area contributed by atoms with Crippen LogP contribution in [0.3, 0.4) is 0 Å². The maximum atomic E-state index is 10.2. The number of rotatable bonds is 4. The highest BCUT2D eigenvalue weighted by Crippen LogP contribution is 2.28. The molecule has 1 saturated heterocycles. The summed E-state index contributed by atoms with van der Waals surface area (Å²) in [5, 5.41) is 10.6. The number of hydrogen-bond acceptors (Lipinski definition) is 3. The number of imidazole rings is 1. The van der Waals surface area contributed by atoms with Crippen LogP contribution in [0.4, 0.5) is 0 Å². The molecule has 16 heavy (non-hydrogen) atoms. The molecule has 1 fully saturated rings. The molecule has 0 aromatic carbocycles. The van der Waals surface area contributed by atoms with Gasteiger partial charge >= 0.3 is 0 Å². The molecule has 1 aromatic rings. The largest absolute Gasteiger partial charge is 0.392 e. The molecule has 0 radical (unpaired) electrons. The monoisotopic (exact) mass is 240 g/mol. The zero-order chi connectivity index (χ0) is 11.4. The Kier molecular flexibility index (Phi) is 4.29.